The second kappa shape index (κ2) is 5.78. The van der Waals surface area contributed by atoms with Crippen molar-refractivity contribution in [1.82, 2.24) is 4.98 Å². The van der Waals surface area contributed by atoms with Gasteiger partial charge in [0.25, 0.3) is 0 Å². The number of aromatic nitrogens is 1. The molecule has 0 aliphatic carbocycles. The van der Waals surface area contributed by atoms with Gasteiger partial charge in [-0.25, -0.2) is 4.39 Å². The molecule has 2 aromatic rings. The molecule has 1 heterocycles. The molecule has 1 aromatic heterocycles. The van der Waals surface area contributed by atoms with Crippen LogP contribution in [0.3, 0.4) is 0 Å². The van der Waals surface area contributed by atoms with Gasteiger partial charge in [0.05, 0.1) is 5.56 Å². The molecule has 0 fully saturated rings. The van der Waals surface area contributed by atoms with Crippen molar-refractivity contribution >= 4 is 5.69 Å². The minimum absolute atomic E-state index is 0.0604. The average molecular weight is 241 g/mol. The number of pyridine rings is 1. The predicted octanol–water partition coefficient (Wildman–Crippen LogP) is 2.75. The number of benzene rings is 1. The molecule has 90 valence electrons. The first-order valence-electron chi connectivity index (χ1n) is 5.63. The zero-order valence-electron chi connectivity index (χ0n) is 9.73. The summed E-state index contributed by atoms with van der Waals surface area (Å²) < 4.78 is 13.3. The summed E-state index contributed by atoms with van der Waals surface area (Å²) in [6.07, 6.45) is 2.51. The maximum atomic E-state index is 13.3. The summed E-state index contributed by atoms with van der Waals surface area (Å²) in [5, 5.41) is 11.7. The van der Waals surface area contributed by atoms with Gasteiger partial charge in [-0.15, -0.1) is 0 Å². The van der Waals surface area contributed by atoms with Gasteiger partial charge >= 0.3 is 0 Å². The lowest BCUT2D eigenvalue weighted by Crippen LogP contribution is -2.06. The fourth-order valence-corrected chi connectivity index (χ4v) is 1.60. The summed E-state index contributed by atoms with van der Waals surface area (Å²) in [6, 6.07) is 12.0. The van der Waals surface area contributed by atoms with E-state index in [1.54, 1.807) is 18.3 Å². The van der Waals surface area contributed by atoms with Crippen molar-refractivity contribution in [2.75, 3.05) is 11.9 Å². The molecule has 0 saturated carbocycles. The van der Waals surface area contributed by atoms with Crippen LogP contribution in [0.1, 0.15) is 11.3 Å². The zero-order valence-corrected chi connectivity index (χ0v) is 9.73. The highest BCUT2D eigenvalue weighted by molar-refractivity contribution is 5.48. The molecule has 0 bridgehead atoms. The third-order valence-corrected chi connectivity index (χ3v) is 2.53. The Hall–Kier alpha value is -2.41. The van der Waals surface area contributed by atoms with Gasteiger partial charge in [0.1, 0.15) is 11.9 Å². The van der Waals surface area contributed by atoms with Crippen LogP contribution >= 0.6 is 0 Å². The number of nitriles is 1. The lowest BCUT2D eigenvalue weighted by atomic mass is 10.2. The first kappa shape index (κ1) is 12.1. The molecule has 3 nitrogen and oxygen atoms in total. The molecule has 0 saturated heterocycles. The highest BCUT2D eigenvalue weighted by Crippen LogP contribution is 2.13. The van der Waals surface area contributed by atoms with Gasteiger partial charge in [0, 0.05) is 30.5 Å². The molecule has 4 heteroatoms. The summed E-state index contributed by atoms with van der Waals surface area (Å²) in [6.45, 7) is 0.669. The molecule has 0 unspecified atom stereocenters. The van der Waals surface area contributed by atoms with Crippen LogP contribution in [0.2, 0.25) is 0 Å². The molecular formula is C14H12FN3. The topological polar surface area (TPSA) is 48.7 Å². The number of nitrogens with one attached hydrogen (secondary N) is 1. The number of halogens is 1. The number of anilines is 1. The quantitative estimate of drug-likeness (QED) is 0.895. The van der Waals surface area contributed by atoms with Gasteiger partial charge in [-0.2, -0.15) is 5.26 Å². The van der Waals surface area contributed by atoms with E-state index < -0.39 is 5.82 Å². The van der Waals surface area contributed by atoms with Gasteiger partial charge in [-0.1, -0.05) is 6.07 Å². The Labute approximate surface area is 105 Å². The Morgan fingerprint density at radius 1 is 1.28 bits per heavy atom. The van der Waals surface area contributed by atoms with Crippen LogP contribution in [0.5, 0.6) is 0 Å². The van der Waals surface area contributed by atoms with Gasteiger partial charge in [-0.05, 0) is 30.3 Å². The predicted molar refractivity (Wildman–Crippen MR) is 67.5 cm³/mol. The molecule has 0 radical (unpaired) electrons. The Morgan fingerprint density at radius 3 is 2.83 bits per heavy atom. The maximum Gasteiger partial charge on any atom is 0.143 e. The van der Waals surface area contributed by atoms with Crippen LogP contribution in [-0.2, 0) is 6.42 Å². The monoisotopic (exact) mass is 241 g/mol. The lowest BCUT2D eigenvalue weighted by molar-refractivity contribution is 0.624. The van der Waals surface area contributed by atoms with E-state index in [2.05, 4.69) is 10.3 Å². The Morgan fingerprint density at radius 2 is 2.17 bits per heavy atom. The van der Waals surface area contributed by atoms with Crippen molar-refractivity contribution in [3.8, 4) is 6.07 Å². The SMILES string of the molecule is N#Cc1ccc(NCCc2ccccn2)cc1F. The van der Waals surface area contributed by atoms with Crippen LogP contribution in [-0.4, -0.2) is 11.5 Å². The molecule has 0 spiro atoms. The first-order valence-corrected chi connectivity index (χ1v) is 5.63. The Bertz CT molecular complexity index is 561. The number of hydrogen-bond donors (Lipinski definition) is 1. The van der Waals surface area contributed by atoms with Crippen LogP contribution in [0.4, 0.5) is 10.1 Å². The third-order valence-electron chi connectivity index (χ3n) is 2.53. The normalized spacial score (nSPS) is 9.78. The van der Waals surface area contributed by atoms with Gasteiger partial charge in [0.2, 0.25) is 0 Å². The van der Waals surface area contributed by atoms with Crippen LogP contribution in [0.25, 0.3) is 0 Å². The van der Waals surface area contributed by atoms with E-state index in [4.69, 9.17) is 5.26 Å². The average Bonchev–Trinajstić information content (AvgIpc) is 2.40. The van der Waals surface area contributed by atoms with Crippen molar-refractivity contribution in [3.63, 3.8) is 0 Å². The second-order valence-corrected chi connectivity index (χ2v) is 3.80. The highest BCUT2D eigenvalue weighted by Gasteiger charge is 2.02. The van der Waals surface area contributed by atoms with Gasteiger partial charge in [-0.3, -0.25) is 4.98 Å². The molecule has 18 heavy (non-hydrogen) atoms. The number of rotatable bonds is 4. The van der Waals surface area contributed by atoms with Crippen molar-refractivity contribution < 1.29 is 4.39 Å². The van der Waals surface area contributed by atoms with Crippen molar-refractivity contribution in [2.24, 2.45) is 0 Å². The number of hydrogen-bond acceptors (Lipinski definition) is 3. The summed E-state index contributed by atoms with van der Waals surface area (Å²) in [7, 11) is 0. The zero-order chi connectivity index (χ0) is 12.8. The van der Waals surface area contributed by atoms with Crippen molar-refractivity contribution in [3.05, 3.63) is 59.7 Å². The largest absolute Gasteiger partial charge is 0.385 e. The lowest BCUT2D eigenvalue weighted by Gasteiger charge is -2.06. The molecule has 0 atom stereocenters. The van der Waals surface area contributed by atoms with Gasteiger partial charge in [0.15, 0.2) is 0 Å². The van der Waals surface area contributed by atoms with E-state index in [-0.39, 0.29) is 5.56 Å². The molecule has 1 aromatic carbocycles. The van der Waals surface area contributed by atoms with Gasteiger partial charge < -0.3 is 5.32 Å². The standard InChI is InChI=1S/C14H12FN3/c15-14-9-13(5-4-11(14)10-16)18-8-6-12-3-1-2-7-17-12/h1-5,7,9,18H,6,8H2. The minimum atomic E-state index is -0.500. The number of nitrogens with zero attached hydrogens (tertiary/aromatic N) is 2. The summed E-state index contributed by atoms with van der Waals surface area (Å²) in [4.78, 5) is 4.20. The third kappa shape index (κ3) is 3.05. The minimum Gasteiger partial charge on any atom is -0.385 e. The second-order valence-electron chi connectivity index (χ2n) is 3.80. The van der Waals surface area contributed by atoms with Crippen LogP contribution in [0, 0.1) is 17.1 Å². The van der Waals surface area contributed by atoms with E-state index in [0.717, 1.165) is 12.1 Å². The van der Waals surface area contributed by atoms with Crippen molar-refractivity contribution in [2.45, 2.75) is 6.42 Å². The molecule has 0 amide bonds. The summed E-state index contributed by atoms with van der Waals surface area (Å²) in [5.41, 5.74) is 1.71. The smallest absolute Gasteiger partial charge is 0.143 e. The van der Waals surface area contributed by atoms with Crippen molar-refractivity contribution in [1.29, 1.82) is 5.26 Å². The summed E-state index contributed by atoms with van der Waals surface area (Å²) >= 11 is 0. The van der Waals surface area contributed by atoms with Crippen LogP contribution in [0.15, 0.2) is 42.6 Å². The van der Waals surface area contributed by atoms with E-state index in [1.807, 2.05) is 18.2 Å². The molecule has 0 aliphatic rings. The summed E-state index contributed by atoms with van der Waals surface area (Å²) in [5.74, 6) is -0.500. The fraction of sp³-hybridized carbons (Fsp3) is 0.143. The van der Waals surface area contributed by atoms with E-state index >= 15 is 0 Å². The first-order chi connectivity index (χ1) is 8.79. The van der Waals surface area contributed by atoms with E-state index in [9.17, 15) is 4.39 Å². The van der Waals surface area contributed by atoms with E-state index in [1.165, 1.54) is 12.1 Å². The maximum absolute atomic E-state index is 13.3. The molecule has 2 rings (SSSR count). The van der Waals surface area contributed by atoms with Crippen LogP contribution < -0.4 is 5.32 Å². The fourth-order valence-electron chi connectivity index (χ4n) is 1.60. The molecule has 1 N–H and O–H groups in total. The molecule has 0 aliphatic heterocycles. The highest BCUT2D eigenvalue weighted by atomic mass is 19.1. The molecular weight excluding hydrogens is 229 g/mol. The Kier molecular flexibility index (Phi) is 3.87. The van der Waals surface area contributed by atoms with E-state index in [0.29, 0.717) is 12.2 Å². The Balaban J connectivity index is 1.91.